The lowest BCUT2D eigenvalue weighted by Crippen LogP contribution is -2.38. The van der Waals surface area contributed by atoms with Crippen molar-refractivity contribution in [2.24, 2.45) is 0 Å². The predicted octanol–water partition coefficient (Wildman–Crippen LogP) is 2.74. The summed E-state index contributed by atoms with van der Waals surface area (Å²) in [5, 5.41) is 0.496. The van der Waals surface area contributed by atoms with Crippen LogP contribution in [0.3, 0.4) is 0 Å². The maximum Gasteiger partial charge on any atom is 0.268 e. The van der Waals surface area contributed by atoms with E-state index in [9.17, 15) is 4.79 Å². The molecule has 5 heteroatoms. The molecule has 1 unspecified atom stereocenters. The predicted molar refractivity (Wildman–Crippen MR) is 68.7 cm³/mol. The molecule has 0 N–H and O–H groups in total. The fourth-order valence-corrected chi connectivity index (χ4v) is 2.10. The zero-order chi connectivity index (χ0) is 13.2. The van der Waals surface area contributed by atoms with Crippen molar-refractivity contribution in [3.63, 3.8) is 0 Å². The van der Waals surface area contributed by atoms with Crippen LogP contribution in [0.2, 0.25) is 5.02 Å². The average molecular weight is 265 g/mol. The number of nitrogens with zero attached hydrogens (tertiary/aromatic N) is 2. The van der Waals surface area contributed by atoms with E-state index >= 15 is 0 Å². The average Bonchev–Trinajstić information content (AvgIpc) is 2.91. The summed E-state index contributed by atoms with van der Waals surface area (Å²) in [7, 11) is 1.48. The fourth-order valence-electron chi connectivity index (χ4n) is 1.79. The van der Waals surface area contributed by atoms with Gasteiger partial charge in [-0.3, -0.25) is 9.36 Å². The Balaban J connectivity index is 2.49. The molecule has 4 nitrogen and oxygen atoms in total. The van der Waals surface area contributed by atoms with Gasteiger partial charge in [0.25, 0.3) is 5.91 Å². The zero-order valence-electron chi connectivity index (χ0n) is 10.1. The van der Waals surface area contributed by atoms with Crippen molar-refractivity contribution < 1.29 is 9.53 Å². The zero-order valence-corrected chi connectivity index (χ0v) is 10.9. The van der Waals surface area contributed by atoms with Crippen LogP contribution in [0.1, 0.15) is 17.3 Å². The lowest BCUT2D eigenvalue weighted by Gasteiger charge is -2.27. The van der Waals surface area contributed by atoms with Gasteiger partial charge in [-0.2, -0.15) is 0 Å². The topological polar surface area (TPSA) is 44.1 Å². The molecule has 0 aliphatic carbocycles. The number of ether oxygens (including phenoxy) is 1. The van der Waals surface area contributed by atoms with Crippen LogP contribution in [-0.2, 0) is 10.3 Å². The number of carbonyl (C=O) groups excluding carboxylic acids is 1. The van der Waals surface area contributed by atoms with E-state index in [0.717, 1.165) is 0 Å². The third-order valence-electron chi connectivity index (χ3n) is 2.94. The minimum atomic E-state index is -1.14. The molecule has 94 valence electrons. The molecule has 0 aliphatic rings. The monoisotopic (exact) mass is 264 g/mol. The summed E-state index contributed by atoms with van der Waals surface area (Å²) < 4.78 is 6.79. The first-order chi connectivity index (χ1) is 8.59. The van der Waals surface area contributed by atoms with Gasteiger partial charge >= 0.3 is 0 Å². The molecular weight excluding hydrogens is 252 g/mol. The largest absolute Gasteiger partial charge is 0.364 e. The van der Waals surface area contributed by atoms with Crippen LogP contribution in [0.15, 0.2) is 43.0 Å². The highest BCUT2D eigenvalue weighted by atomic mass is 35.5. The van der Waals surface area contributed by atoms with E-state index in [1.54, 1.807) is 31.5 Å². The first-order valence-corrected chi connectivity index (χ1v) is 5.80. The van der Waals surface area contributed by atoms with Crippen molar-refractivity contribution in [1.82, 2.24) is 9.55 Å². The number of hydrogen-bond donors (Lipinski definition) is 0. The van der Waals surface area contributed by atoms with Gasteiger partial charge in [0, 0.05) is 30.1 Å². The van der Waals surface area contributed by atoms with E-state index in [1.165, 1.54) is 18.0 Å². The smallest absolute Gasteiger partial charge is 0.268 e. The van der Waals surface area contributed by atoms with Crippen molar-refractivity contribution in [3.05, 3.63) is 53.6 Å². The summed E-state index contributed by atoms with van der Waals surface area (Å²) >= 11 is 6.14. The van der Waals surface area contributed by atoms with E-state index in [2.05, 4.69) is 4.98 Å². The molecule has 2 rings (SSSR count). The Labute approximate surface area is 110 Å². The van der Waals surface area contributed by atoms with Crippen molar-refractivity contribution in [2.75, 3.05) is 7.11 Å². The third-order valence-corrected chi connectivity index (χ3v) is 3.27. The van der Waals surface area contributed by atoms with E-state index in [4.69, 9.17) is 16.3 Å². The van der Waals surface area contributed by atoms with Gasteiger partial charge in [-0.25, -0.2) is 4.98 Å². The van der Waals surface area contributed by atoms with Crippen LogP contribution in [-0.4, -0.2) is 22.6 Å². The van der Waals surface area contributed by atoms with Gasteiger partial charge in [0.2, 0.25) is 0 Å². The minimum absolute atomic E-state index is 0.240. The maximum atomic E-state index is 12.5. The Morgan fingerprint density at radius 1 is 1.44 bits per heavy atom. The second-order valence-corrected chi connectivity index (χ2v) is 4.40. The number of benzene rings is 1. The van der Waals surface area contributed by atoms with Crippen LogP contribution in [0.25, 0.3) is 0 Å². The van der Waals surface area contributed by atoms with E-state index in [1.807, 2.05) is 12.1 Å². The highest BCUT2D eigenvalue weighted by Crippen LogP contribution is 2.32. The van der Waals surface area contributed by atoms with Gasteiger partial charge in [-0.1, -0.05) is 29.8 Å². The number of imidazole rings is 1. The van der Waals surface area contributed by atoms with Crippen LogP contribution in [0.5, 0.6) is 0 Å². The molecule has 0 aliphatic heterocycles. The van der Waals surface area contributed by atoms with Crippen LogP contribution in [0.4, 0.5) is 0 Å². The summed E-state index contributed by atoms with van der Waals surface area (Å²) in [6.07, 6.45) is 4.56. The molecule has 2 aromatic rings. The summed E-state index contributed by atoms with van der Waals surface area (Å²) in [4.78, 5) is 16.3. The normalized spacial score (nSPS) is 14.2. The summed E-state index contributed by atoms with van der Waals surface area (Å²) in [5.41, 5.74) is -0.508. The molecule has 0 saturated heterocycles. The lowest BCUT2D eigenvalue weighted by atomic mass is 9.94. The number of aromatic nitrogens is 2. The lowest BCUT2D eigenvalue weighted by molar-refractivity contribution is 0.00213. The van der Waals surface area contributed by atoms with Crippen LogP contribution < -0.4 is 0 Å². The molecule has 1 heterocycles. The Morgan fingerprint density at radius 3 is 2.72 bits per heavy atom. The highest BCUT2D eigenvalue weighted by molar-refractivity contribution is 6.31. The molecule has 0 bridgehead atoms. The van der Waals surface area contributed by atoms with Crippen molar-refractivity contribution in [2.45, 2.75) is 12.5 Å². The standard InChI is InChI=1S/C13H13ClN2O2/c1-13(18-2,10-5-3-4-6-11(10)14)12(17)16-8-7-15-9-16/h3-9H,1-2H3. The van der Waals surface area contributed by atoms with Crippen molar-refractivity contribution in [3.8, 4) is 0 Å². The number of carbonyl (C=O) groups is 1. The van der Waals surface area contributed by atoms with Crippen molar-refractivity contribution >= 4 is 17.5 Å². The molecule has 0 radical (unpaired) electrons. The Hall–Kier alpha value is -1.65. The molecule has 18 heavy (non-hydrogen) atoms. The first-order valence-electron chi connectivity index (χ1n) is 5.42. The Morgan fingerprint density at radius 2 is 2.17 bits per heavy atom. The molecule has 0 fully saturated rings. The minimum Gasteiger partial charge on any atom is -0.364 e. The Kier molecular flexibility index (Phi) is 3.50. The van der Waals surface area contributed by atoms with Gasteiger partial charge in [-0.05, 0) is 13.0 Å². The SMILES string of the molecule is COC(C)(C(=O)n1ccnc1)c1ccccc1Cl. The number of hydrogen-bond acceptors (Lipinski definition) is 3. The Bertz CT molecular complexity index is 554. The molecule has 0 amide bonds. The van der Waals surface area contributed by atoms with Gasteiger partial charge in [0.05, 0.1) is 0 Å². The summed E-state index contributed by atoms with van der Waals surface area (Å²) in [5.74, 6) is -0.240. The molecule has 0 spiro atoms. The quantitative estimate of drug-likeness (QED) is 0.856. The molecule has 1 aromatic carbocycles. The van der Waals surface area contributed by atoms with Crippen molar-refractivity contribution in [1.29, 1.82) is 0 Å². The van der Waals surface area contributed by atoms with Crippen LogP contribution >= 0.6 is 11.6 Å². The van der Waals surface area contributed by atoms with Gasteiger partial charge in [-0.15, -0.1) is 0 Å². The van der Waals surface area contributed by atoms with E-state index in [0.29, 0.717) is 10.6 Å². The number of methoxy groups -OCH3 is 1. The van der Waals surface area contributed by atoms with E-state index < -0.39 is 5.60 Å². The highest BCUT2D eigenvalue weighted by Gasteiger charge is 2.37. The molecule has 0 saturated carbocycles. The maximum absolute atomic E-state index is 12.5. The molecular formula is C13H13ClN2O2. The summed E-state index contributed by atoms with van der Waals surface area (Å²) in [6.45, 7) is 1.69. The van der Waals surface area contributed by atoms with E-state index in [-0.39, 0.29) is 5.91 Å². The van der Waals surface area contributed by atoms with Gasteiger partial charge < -0.3 is 4.74 Å². The molecule has 1 atom stereocenters. The number of rotatable bonds is 3. The third kappa shape index (κ3) is 2.05. The molecule has 1 aromatic heterocycles. The van der Waals surface area contributed by atoms with Gasteiger partial charge in [0.1, 0.15) is 6.33 Å². The van der Waals surface area contributed by atoms with Gasteiger partial charge in [0.15, 0.2) is 5.60 Å². The summed E-state index contributed by atoms with van der Waals surface area (Å²) in [6, 6.07) is 7.14. The van der Waals surface area contributed by atoms with Crippen LogP contribution in [0, 0.1) is 0 Å². The second kappa shape index (κ2) is 4.92. The second-order valence-electron chi connectivity index (χ2n) is 3.99. The number of halogens is 1. The fraction of sp³-hybridized carbons (Fsp3) is 0.231. The first kappa shape index (κ1) is 12.8.